The van der Waals surface area contributed by atoms with Crippen molar-refractivity contribution in [3.8, 4) is 6.07 Å². The zero-order valence-corrected chi connectivity index (χ0v) is 10.1. The Bertz CT molecular complexity index is 437. The third kappa shape index (κ3) is 2.53. The molecule has 0 saturated carbocycles. The molecule has 2 rings (SSSR count). The lowest BCUT2D eigenvalue weighted by Gasteiger charge is -2.35. The summed E-state index contributed by atoms with van der Waals surface area (Å²) in [6.45, 7) is 3.42. The molecule has 0 amide bonds. The summed E-state index contributed by atoms with van der Waals surface area (Å²) in [6.07, 6.45) is 3.42. The molecule has 1 aliphatic rings. The number of piperidine rings is 1. The van der Waals surface area contributed by atoms with Crippen molar-refractivity contribution >= 4 is 5.95 Å². The zero-order chi connectivity index (χ0) is 12.3. The molecule has 1 aliphatic heterocycles. The van der Waals surface area contributed by atoms with Crippen molar-refractivity contribution in [3.05, 3.63) is 17.5 Å². The first kappa shape index (κ1) is 11.8. The van der Waals surface area contributed by atoms with E-state index in [-0.39, 0.29) is 0 Å². The van der Waals surface area contributed by atoms with E-state index >= 15 is 0 Å². The highest BCUT2D eigenvalue weighted by Crippen LogP contribution is 2.21. The van der Waals surface area contributed by atoms with E-state index < -0.39 is 0 Å². The van der Waals surface area contributed by atoms with Crippen molar-refractivity contribution in [1.29, 1.82) is 5.26 Å². The number of aryl methyl sites for hydroxylation is 1. The predicted octanol–water partition coefficient (Wildman–Crippen LogP) is 0.974. The summed E-state index contributed by atoms with van der Waals surface area (Å²) in [4.78, 5) is 10.8. The summed E-state index contributed by atoms with van der Waals surface area (Å²) in [6, 6.07) is 4.07. The Kier molecular flexibility index (Phi) is 3.55. The average molecular weight is 231 g/mol. The summed E-state index contributed by atoms with van der Waals surface area (Å²) in [7, 11) is 0. The molecule has 1 aromatic heterocycles. The van der Waals surface area contributed by atoms with E-state index in [1.165, 1.54) is 6.42 Å². The topological polar surface area (TPSA) is 78.8 Å². The number of hydrogen-bond acceptors (Lipinski definition) is 5. The smallest absolute Gasteiger partial charge is 0.227 e. The lowest BCUT2D eigenvalue weighted by atomic mass is 10.0. The second-order valence-corrected chi connectivity index (χ2v) is 4.39. The third-order valence-corrected chi connectivity index (χ3v) is 3.11. The molecule has 1 atom stereocenters. The van der Waals surface area contributed by atoms with Crippen molar-refractivity contribution < 1.29 is 0 Å². The molecule has 90 valence electrons. The molecule has 2 heterocycles. The highest BCUT2D eigenvalue weighted by atomic mass is 15.3. The molecule has 0 spiro atoms. The molecule has 0 aliphatic carbocycles. The normalized spacial score (nSPS) is 20.1. The van der Waals surface area contributed by atoms with Gasteiger partial charge in [0.1, 0.15) is 11.8 Å². The van der Waals surface area contributed by atoms with Crippen LogP contribution in [0.2, 0.25) is 0 Å². The molecular weight excluding hydrogens is 214 g/mol. The summed E-state index contributed by atoms with van der Waals surface area (Å²) < 4.78 is 0. The monoisotopic (exact) mass is 231 g/mol. The number of nitrogens with zero attached hydrogens (tertiary/aromatic N) is 4. The third-order valence-electron chi connectivity index (χ3n) is 3.11. The molecular formula is C12H17N5. The van der Waals surface area contributed by atoms with Crippen molar-refractivity contribution in [3.63, 3.8) is 0 Å². The maximum atomic E-state index is 8.92. The molecule has 0 aromatic carbocycles. The SMILES string of the molecule is Cc1cc(C#N)nc(N2CCCCC2CN)n1. The summed E-state index contributed by atoms with van der Waals surface area (Å²) in [5, 5.41) is 8.92. The van der Waals surface area contributed by atoms with Crippen LogP contribution in [0, 0.1) is 18.3 Å². The Balaban J connectivity index is 2.31. The van der Waals surface area contributed by atoms with Gasteiger partial charge in [0, 0.05) is 24.8 Å². The summed E-state index contributed by atoms with van der Waals surface area (Å²) >= 11 is 0. The van der Waals surface area contributed by atoms with Crippen LogP contribution in [-0.2, 0) is 0 Å². The first-order valence-electron chi connectivity index (χ1n) is 5.97. The Morgan fingerprint density at radius 3 is 3.06 bits per heavy atom. The number of nitriles is 1. The first-order valence-corrected chi connectivity index (χ1v) is 5.97. The van der Waals surface area contributed by atoms with Gasteiger partial charge >= 0.3 is 0 Å². The van der Waals surface area contributed by atoms with Crippen molar-refractivity contribution in [1.82, 2.24) is 9.97 Å². The van der Waals surface area contributed by atoms with Gasteiger partial charge in [0.25, 0.3) is 0 Å². The van der Waals surface area contributed by atoms with Crippen LogP contribution in [0.3, 0.4) is 0 Å². The van der Waals surface area contributed by atoms with Crippen molar-refractivity contribution in [2.45, 2.75) is 32.2 Å². The standard InChI is InChI=1S/C12H17N5/c1-9-6-10(7-13)16-12(15-9)17-5-3-2-4-11(17)8-14/h6,11H,2-5,8,14H2,1H3. The van der Waals surface area contributed by atoms with E-state index in [1.807, 2.05) is 6.92 Å². The van der Waals surface area contributed by atoms with Gasteiger partial charge in [-0.1, -0.05) is 0 Å². The molecule has 0 bridgehead atoms. The lowest BCUT2D eigenvalue weighted by Crippen LogP contribution is -2.45. The van der Waals surface area contributed by atoms with Crippen LogP contribution in [-0.4, -0.2) is 29.1 Å². The van der Waals surface area contributed by atoms with Gasteiger partial charge in [0.05, 0.1) is 0 Å². The van der Waals surface area contributed by atoms with E-state index in [9.17, 15) is 0 Å². The van der Waals surface area contributed by atoms with Gasteiger partial charge < -0.3 is 10.6 Å². The predicted molar refractivity (Wildman–Crippen MR) is 65.5 cm³/mol. The second-order valence-electron chi connectivity index (χ2n) is 4.39. The Labute approximate surface area is 101 Å². The van der Waals surface area contributed by atoms with E-state index in [4.69, 9.17) is 11.0 Å². The number of aromatic nitrogens is 2. The molecule has 17 heavy (non-hydrogen) atoms. The minimum Gasteiger partial charge on any atom is -0.337 e. The van der Waals surface area contributed by atoms with Crippen LogP contribution >= 0.6 is 0 Å². The van der Waals surface area contributed by atoms with Crippen LogP contribution in [0.5, 0.6) is 0 Å². The van der Waals surface area contributed by atoms with Crippen LogP contribution in [0.15, 0.2) is 6.07 Å². The maximum absolute atomic E-state index is 8.92. The minimum absolute atomic E-state index is 0.303. The number of anilines is 1. The van der Waals surface area contributed by atoms with Crippen LogP contribution in [0.25, 0.3) is 0 Å². The van der Waals surface area contributed by atoms with Crippen molar-refractivity contribution in [2.75, 3.05) is 18.0 Å². The Hall–Kier alpha value is -1.67. The van der Waals surface area contributed by atoms with Gasteiger partial charge in [-0.25, -0.2) is 9.97 Å². The number of hydrogen-bond donors (Lipinski definition) is 1. The molecule has 1 aromatic rings. The number of nitrogens with two attached hydrogens (primary N) is 1. The first-order chi connectivity index (χ1) is 8.24. The van der Waals surface area contributed by atoms with Crippen molar-refractivity contribution in [2.24, 2.45) is 5.73 Å². The molecule has 0 radical (unpaired) electrons. The minimum atomic E-state index is 0.303. The van der Waals surface area contributed by atoms with Gasteiger partial charge in [0.15, 0.2) is 0 Å². The van der Waals surface area contributed by atoms with Gasteiger partial charge in [0.2, 0.25) is 5.95 Å². The maximum Gasteiger partial charge on any atom is 0.227 e. The molecule has 5 heteroatoms. The largest absolute Gasteiger partial charge is 0.337 e. The Morgan fingerprint density at radius 1 is 1.53 bits per heavy atom. The van der Waals surface area contributed by atoms with Gasteiger partial charge in [-0.2, -0.15) is 5.26 Å². The lowest BCUT2D eigenvalue weighted by molar-refractivity contribution is 0.458. The number of rotatable bonds is 2. The highest BCUT2D eigenvalue weighted by molar-refractivity contribution is 5.37. The summed E-state index contributed by atoms with van der Waals surface area (Å²) in [5.41, 5.74) is 7.03. The molecule has 2 N–H and O–H groups in total. The van der Waals surface area contributed by atoms with E-state index in [1.54, 1.807) is 6.07 Å². The molecule has 5 nitrogen and oxygen atoms in total. The van der Waals surface area contributed by atoms with E-state index in [0.29, 0.717) is 24.2 Å². The van der Waals surface area contributed by atoms with E-state index in [2.05, 4.69) is 20.9 Å². The average Bonchev–Trinajstić information content (AvgIpc) is 2.37. The van der Waals surface area contributed by atoms with Gasteiger partial charge in [-0.3, -0.25) is 0 Å². The fraction of sp³-hybridized carbons (Fsp3) is 0.583. The van der Waals surface area contributed by atoms with E-state index in [0.717, 1.165) is 25.1 Å². The van der Waals surface area contributed by atoms with Crippen LogP contribution < -0.4 is 10.6 Å². The Morgan fingerprint density at radius 2 is 2.35 bits per heavy atom. The molecule has 1 fully saturated rings. The second kappa shape index (κ2) is 5.11. The van der Waals surface area contributed by atoms with Crippen LogP contribution in [0.1, 0.15) is 30.7 Å². The fourth-order valence-corrected chi connectivity index (χ4v) is 2.25. The highest BCUT2D eigenvalue weighted by Gasteiger charge is 2.23. The molecule has 1 saturated heterocycles. The quantitative estimate of drug-likeness (QED) is 0.820. The van der Waals surface area contributed by atoms with Gasteiger partial charge in [-0.05, 0) is 32.3 Å². The van der Waals surface area contributed by atoms with Gasteiger partial charge in [-0.15, -0.1) is 0 Å². The molecule has 1 unspecified atom stereocenters. The zero-order valence-electron chi connectivity index (χ0n) is 10.1. The fourth-order valence-electron chi connectivity index (χ4n) is 2.25. The summed E-state index contributed by atoms with van der Waals surface area (Å²) in [5.74, 6) is 0.650. The van der Waals surface area contributed by atoms with Crippen LogP contribution in [0.4, 0.5) is 5.95 Å².